The Balaban J connectivity index is 1.30. The highest BCUT2D eigenvalue weighted by molar-refractivity contribution is 7.99. The lowest BCUT2D eigenvalue weighted by Crippen LogP contribution is -2.44. The minimum Gasteiger partial charge on any atom is -0.497 e. The number of thioether (sulfide) groups is 1. The quantitative estimate of drug-likeness (QED) is 0.237. The van der Waals surface area contributed by atoms with E-state index in [9.17, 15) is 14.3 Å². The number of piperidine rings is 1. The van der Waals surface area contributed by atoms with Crippen LogP contribution < -0.4 is 4.74 Å². The van der Waals surface area contributed by atoms with E-state index in [0.717, 1.165) is 37.1 Å². The number of hydrogen-bond acceptors (Lipinski definition) is 5. The van der Waals surface area contributed by atoms with Gasteiger partial charge in [-0.05, 0) is 92.4 Å². The standard InChI is InChI=1S/C28H32F2N2O3S/c1-35-20-8-10-26-22(17-20)21(11-13-31-26)24(29)9-7-19-12-15-32(18-23(19)28(33)34)14-4-16-36-27-6-3-2-5-25(27)30/h2-3,5-6,8,10-11,13,17,19,23-24H,4,7,9,12,14-16,18H2,1H3,(H,33,34)/t19-,23+,24?/m1/s1. The summed E-state index contributed by atoms with van der Waals surface area (Å²) in [4.78, 5) is 19.2. The maximum atomic E-state index is 15.4. The van der Waals surface area contributed by atoms with Crippen molar-refractivity contribution in [2.45, 2.75) is 36.8 Å². The van der Waals surface area contributed by atoms with Crippen LogP contribution in [0.4, 0.5) is 8.78 Å². The molecule has 0 spiro atoms. The van der Waals surface area contributed by atoms with Gasteiger partial charge in [-0.3, -0.25) is 9.78 Å². The van der Waals surface area contributed by atoms with E-state index in [-0.39, 0.29) is 18.2 Å². The number of nitrogens with zero attached hydrogens (tertiary/aromatic N) is 2. The van der Waals surface area contributed by atoms with Crippen LogP contribution in [0.1, 0.15) is 37.4 Å². The molecular weight excluding hydrogens is 482 g/mol. The van der Waals surface area contributed by atoms with Gasteiger partial charge >= 0.3 is 5.97 Å². The molecule has 1 aliphatic rings. The lowest BCUT2D eigenvalue weighted by atomic mass is 9.81. The molecule has 2 heterocycles. The molecule has 1 N–H and O–H groups in total. The van der Waals surface area contributed by atoms with Gasteiger partial charge in [-0.2, -0.15) is 0 Å². The summed E-state index contributed by atoms with van der Waals surface area (Å²) in [7, 11) is 1.57. The van der Waals surface area contributed by atoms with E-state index in [1.807, 2.05) is 12.1 Å². The van der Waals surface area contributed by atoms with Gasteiger partial charge in [0.25, 0.3) is 0 Å². The summed E-state index contributed by atoms with van der Waals surface area (Å²) in [6.45, 7) is 2.04. The number of halogens is 2. The molecule has 2 aromatic carbocycles. The van der Waals surface area contributed by atoms with E-state index in [1.54, 1.807) is 43.6 Å². The van der Waals surface area contributed by atoms with Crippen LogP contribution in [-0.4, -0.2) is 53.5 Å². The molecule has 3 aromatic rings. The number of alkyl halides is 1. The fraction of sp³-hybridized carbons (Fsp3) is 0.429. The van der Waals surface area contributed by atoms with Crippen LogP contribution in [0.15, 0.2) is 59.6 Å². The first kappa shape index (κ1) is 26.4. The average molecular weight is 515 g/mol. The minimum absolute atomic E-state index is 0.0626. The van der Waals surface area contributed by atoms with E-state index in [2.05, 4.69) is 9.88 Å². The first-order chi connectivity index (χ1) is 17.5. The largest absolute Gasteiger partial charge is 0.497 e. The number of carboxylic acid groups (broad SMARTS) is 1. The number of benzene rings is 2. The molecule has 192 valence electrons. The highest BCUT2D eigenvalue weighted by Crippen LogP contribution is 2.35. The van der Waals surface area contributed by atoms with Gasteiger partial charge in [0, 0.05) is 23.0 Å². The topological polar surface area (TPSA) is 62.7 Å². The normalized spacial score (nSPS) is 19.3. The Morgan fingerprint density at radius 1 is 1.28 bits per heavy atom. The van der Waals surface area contributed by atoms with Crippen LogP contribution in [-0.2, 0) is 4.79 Å². The van der Waals surface area contributed by atoms with Crippen molar-refractivity contribution in [3.63, 3.8) is 0 Å². The molecule has 3 atom stereocenters. The number of rotatable bonds is 11. The van der Waals surface area contributed by atoms with Crippen LogP contribution >= 0.6 is 11.8 Å². The number of aliphatic carboxylic acids is 1. The molecule has 1 unspecified atom stereocenters. The van der Waals surface area contributed by atoms with E-state index >= 15 is 4.39 Å². The molecule has 1 fully saturated rings. The summed E-state index contributed by atoms with van der Waals surface area (Å²) in [6, 6.07) is 13.8. The number of methoxy groups -OCH3 is 1. The van der Waals surface area contributed by atoms with E-state index < -0.39 is 18.1 Å². The molecule has 0 radical (unpaired) electrons. The minimum atomic E-state index is -1.20. The van der Waals surface area contributed by atoms with Gasteiger partial charge < -0.3 is 14.7 Å². The van der Waals surface area contributed by atoms with Crippen molar-refractivity contribution < 1.29 is 23.4 Å². The van der Waals surface area contributed by atoms with Crippen molar-refractivity contribution in [1.29, 1.82) is 0 Å². The smallest absolute Gasteiger partial charge is 0.308 e. The third kappa shape index (κ3) is 6.53. The first-order valence-electron chi connectivity index (χ1n) is 12.4. The SMILES string of the molecule is COc1ccc2nccc(C(F)CC[C@@H]3CCN(CCCSc4ccccc4F)C[C@@H]3C(=O)O)c2c1. The van der Waals surface area contributed by atoms with Crippen LogP contribution in [0.25, 0.3) is 10.9 Å². The molecule has 1 aromatic heterocycles. The number of hydrogen-bond donors (Lipinski definition) is 1. The molecule has 36 heavy (non-hydrogen) atoms. The zero-order valence-electron chi connectivity index (χ0n) is 20.4. The molecule has 4 rings (SSSR count). The number of pyridine rings is 1. The maximum absolute atomic E-state index is 15.4. The third-order valence-electron chi connectivity index (χ3n) is 6.98. The summed E-state index contributed by atoms with van der Waals surface area (Å²) < 4.78 is 34.4. The summed E-state index contributed by atoms with van der Waals surface area (Å²) in [5, 5.41) is 10.6. The molecule has 8 heteroatoms. The number of carboxylic acids is 1. The van der Waals surface area contributed by atoms with Crippen molar-refractivity contribution >= 4 is 28.6 Å². The summed E-state index contributed by atoms with van der Waals surface area (Å²) >= 11 is 1.48. The monoisotopic (exact) mass is 514 g/mol. The van der Waals surface area contributed by atoms with Crippen molar-refractivity contribution in [2.24, 2.45) is 11.8 Å². The predicted octanol–water partition coefficient (Wildman–Crippen LogP) is 6.38. The van der Waals surface area contributed by atoms with E-state index in [0.29, 0.717) is 34.7 Å². The van der Waals surface area contributed by atoms with Gasteiger partial charge in [0.1, 0.15) is 17.7 Å². The fourth-order valence-electron chi connectivity index (χ4n) is 4.99. The number of fused-ring (bicyclic) bond motifs is 1. The van der Waals surface area contributed by atoms with Gasteiger partial charge in [0.15, 0.2) is 0 Å². The zero-order valence-corrected chi connectivity index (χ0v) is 21.2. The lowest BCUT2D eigenvalue weighted by molar-refractivity contribution is -0.146. The molecule has 1 saturated heterocycles. The van der Waals surface area contributed by atoms with Gasteiger partial charge in [0.2, 0.25) is 0 Å². The molecule has 0 bridgehead atoms. The second-order valence-corrected chi connectivity index (χ2v) is 10.4. The van der Waals surface area contributed by atoms with Crippen molar-refractivity contribution in [3.8, 4) is 5.75 Å². The Morgan fingerprint density at radius 3 is 2.89 bits per heavy atom. The van der Waals surface area contributed by atoms with Crippen LogP contribution in [0.3, 0.4) is 0 Å². The van der Waals surface area contributed by atoms with Crippen LogP contribution in [0.5, 0.6) is 5.75 Å². The van der Waals surface area contributed by atoms with Crippen molar-refractivity contribution in [1.82, 2.24) is 9.88 Å². The maximum Gasteiger partial charge on any atom is 0.308 e. The van der Waals surface area contributed by atoms with Crippen molar-refractivity contribution in [2.75, 3.05) is 32.5 Å². The molecule has 1 aliphatic heterocycles. The van der Waals surface area contributed by atoms with E-state index in [1.165, 1.54) is 17.8 Å². The number of carbonyl (C=O) groups is 1. The Bertz CT molecular complexity index is 1180. The Labute approximate surface area is 214 Å². The third-order valence-corrected chi connectivity index (χ3v) is 8.12. The highest BCUT2D eigenvalue weighted by atomic mass is 32.2. The summed E-state index contributed by atoms with van der Waals surface area (Å²) in [5.74, 6) is -0.187. The lowest BCUT2D eigenvalue weighted by Gasteiger charge is -2.36. The van der Waals surface area contributed by atoms with Crippen LogP contribution in [0.2, 0.25) is 0 Å². The Hall–Kier alpha value is -2.71. The Kier molecular flexibility index (Phi) is 9.15. The van der Waals surface area contributed by atoms with Gasteiger partial charge in [0.05, 0.1) is 18.5 Å². The van der Waals surface area contributed by atoms with E-state index in [4.69, 9.17) is 4.74 Å². The number of likely N-dealkylation sites (tertiary alicyclic amines) is 1. The molecular formula is C28H32F2N2O3S. The zero-order chi connectivity index (χ0) is 25.5. The number of aromatic nitrogens is 1. The average Bonchev–Trinajstić information content (AvgIpc) is 2.90. The fourth-order valence-corrected chi connectivity index (χ4v) is 5.87. The second kappa shape index (κ2) is 12.5. The first-order valence-corrected chi connectivity index (χ1v) is 13.3. The second-order valence-electron chi connectivity index (χ2n) is 9.25. The van der Waals surface area contributed by atoms with Gasteiger partial charge in [-0.1, -0.05) is 12.1 Å². The van der Waals surface area contributed by atoms with Crippen LogP contribution in [0, 0.1) is 17.7 Å². The molecule has 0 aliphatic carbocycles. The highest BCUT2D eigenvalue weighted by Gasteiger charge is 2.34. The van der Waals surface area contributed by atoms with Gasteiger partial charge in [-0.15, -0.1) is 11.8 Å². The van der Waals surface area contributed by atoms with Crippen molar-refractivity contribution in [3.05, 3.63) is 66.1 Å². The molecule has 5 nitrogen and oxygen atoms in total. The Morgan fingerprint density at radius 2 is 2.11 bits per heavy atom. The molecule has 0 saturated carbocycles. The predicted molar refractivity (Wildman–Crippen MR) is 139 cm³/mol. The van der Waals surface area contributed by atoms with Gasteiger partial charge in [-0.25, -0.2) is 8.78 Å². The summed E-state index contributed by atoms with van der Waals surface area (Å²) in [5.41, 5.74) is 1.27. The summed E-state index contributed by atoms with van der Waals surface area (Å²) in [6.07, 6.45) is 2.77. The number of ether oxygens (including phenoxy) is 1. The molecule has 0 amide bonds.